The number of likely N-dealkylation sites (tertiary alicyclic amines) is 1. The van der Waals surface area contributed by atoms with Crippen molar-refractivity contribution in [1.82, 2.24) is 19.9 Å². The molecule has 2 saturated heterocycles. The summed E-state index contributed by atoms with van der Waals surface area (Å²) in [5.74, 6) is 0.709. The monoisotopic (exact) mass is 572 g/mol. The number of rotatable bonds is 8. The largest absolute Gasteiger partial charge is 0.593 e. The van der Waals surface area contributed by atoms with Gasteiger partial charge >= 0.3 is 0 Å². The number of benzene rings is 1. The molecule has 2 aliphatic rings. The van der Waals surface area contributed by atoms with Gasteiger partial charge in [0.25, 0.3) is 0 Å². The van der Waals surface area contributed by atoms with Crippen molar-refractivity contribution < 1.29 is 23.5 Å². The van der Waals surface area contributed by atoms with Gasteiger partial charge in [-0.25, -0.2) is 24.1 Å². The first-order valence-corrected chi connectivity index (χ1v) is 15.1. The molecule has 12 heteroatoms. The molecule has 2 aliphatic heterocycles. The van der Waals surface area contributed by atoms with E-state index in [2.05, 4.69) is 19.5 Å². The molecule has 1 atom stereocenters. The molecule has 10 nitrogen and oxygen atoms in total. The summed E-state index contributed by atoms with van der Waals surface area (Å²) < 4.78 is 40.9. The number of morpholine rings is 1. The highest BCUT2D eigenvalue weighted by molar-refractivity contribution is 7.92. The van der Waals surface area contributed by atoms with Gasteiger partial charge in [-0.15, -0.1) is 0 Å². The lowest BCUT2D eigenvalue weighted by atomic mass is 9.83. The van der Waals surface area contributed by atoms with Crippen molar-refractivity contribution in [2.75, 3.05) is 62.4 Å². The van der Waals surface area contributed by atoms with E-state index in [9.17, 15) is 9.66 Å². The maximum atomic E-state index is 15.2. The average molecular weight is 573 g/mol. The smallest absolute Gasteiger partial charge is 0.241 e. The zero-order valence-corrected chi connectivity index (χ0v) is 24.3. The Balaban J connectivity index is 1.59. The quantitative estimate of drug-likeness (QED) is 0.389. The highest BCUT2D eigenvalue weighted by atomic mass is 32.2. The van der Waals surface area contributed by atoms with Gasteiger partial charge in [-0.2, -0.15) is 0 Å². The molecular formula is C28H37FN6O4S. The molecule has 1 aromatic carbocycles. The second-order valence-electron chi connectivity index (χ2n) is 11.0. The van der Waals surface area contributed by atoms with E-state index < -0.39 is 17.0 Å². The van der Waals surface area contributed by atoms with Crippen LogP contribution in [0.2, 0.25) is 0 Å². The zero-order chi connectivity index (χ0) is 28.4. The fourth-order valence-electron chi connectivity index (χ4n) is 5.51. The number of anilines is 2. The first-order valence-electron chi connectivity index (χ1n) is 13.5. The van der Waals surface area contributed by atoms with Crippen LogP contribution in [-0.2, 0) is 22.6 Å². The van der Waals surface area contributed by atoms with Gasteiger partial charge in [0.2, 0.25) is 11.8 Å². The van der Waals surface area contributed by atoms with Crippen molar-refractivity contribution in [1.29, 1.82) is 0 Å². The van der Waals surface area contributed by atoms with E-state index in [1.807, 2.05) is 13.8 Å². The minimum absolute atomic E-state index is 0.234. The minimum atomic E-state index is -1.35. The lowest BCUT2D eigenvalue weighted by Crippen LogP contribution is -2.41. The highest BCUT2D eigenvalue weighted by Gasteiger charge is 2.31. The van der Waals surface area contributed by atoms with Crippen LogP contribution >= 0.6 is 0 Å². The second-order valence-corrected chi connectivity index (χ2v) is 12.1. The number of ether oxygens (including phenoxy) is 2. The molecule has 40 heavy (non-hydrogen) atoms. The number of methoxy groups -OCH3 is 1. The minimum Gasteiger partial charge on any atom is -0.593 e. The zero-order valence-electron chi connectivity index (χ0n) is 23.4. The predicted molar refractivity (Wildman–Crippen MR) is 154 cm³/mol. The van der Waals surface area contributed by atoms with Gasteiger partial charge in [-0.05, 0) is 69.5 Å². The van der Waals surface area contributed by atoms with Crippen molar-refractivity contribution in [3.8, 4) is 17.1 Å². The summed E-state index contributed by atoms with van der Waals surface area (Å²) in [5.41, 5.74) is 2.36. The van der Waals surface area contributed by atoms with E-state index in [0.717, 1.165) is 31.5 Å². The summed E-state index contributed by atoms with van der Waals surface area (Å²) >= 11 is -1.35. The van der Waals surface area contributed by atoms with Crippen LogP contribution in [0.5, 0.6) is 5.88 Å². The lowest BCUT2D eigenvalue weighted by molar-refractivity contribution is -0.0135. The van der Waals surface area contributed by atoms with Crippen molar-refractivity contribution in [2.45, 2.75) is 38.8 Å². The van der Waals surface area contributed by atoms with E-state index in [4.69, 9.17) is 19.4 Å². The number of halogens is 1. The van der Waals surface area contributed by atoms with Gasteiger partial charge in [0.05, 0.1) is 48.5 Å². The fourth-order valence-corrected chi connectivity index (χ4v) is 5.97. The summed E-state index contributed by atoms with van der Waals surface area (Å²) in [5, 5.41) is 11.0. The summed E-state index contributed by atoms with van der Waals surface area (Å²) in [6.07, 6.45) is 4.90. The fraction of sp³-hybridized carbons (Fsp3) is 0.536. The number of aliphatic hydroxyl groups is 1. The van der Waals surface area contributed by atoms with E-state index in [-0.39, 0.29) is 11.7 Å². The van der Waals surface area contributed by atoms with Crippen molar-refractivity contribution in [3.05, 3.63) is 35.8 Å². The predicted octanol–water partition coefficient (Wildman–Crippen LogP) is 3.36. The highest BCUT2D eigenvalue weighted by Crippen LogP contribution is 2.35. The number of pyridine rings is 1. The van der Waals surface area contributed by atoms with Crippen LogP contribution in [0.15, 0.2) is 24.4 Å². The molecule has 2 aromatic heterocycles. The number of fused-ring (bicyclic) bond motifs is 1. The van der Waals surface area contributed by atoms with Crippen molar-refractivity contribution in [3.63, 3.8) is 0 Å². The number of piperidine rings is 1. The number of aromatic nitrogens is 3. The molecule has 3 aromatic rings. The Morgan fingerprint density at radius 3 is 2.55 bits per heavy atom. The molecule has 2 fully saturated rings. The Kier molecular flexibility index (Phi) is 8.62. The molecule has 5 rings (SSSR count). The van der Waals surface area contributed by atoms with Gasteiger partial charge in [0.1, 0.15) is 17.8 Å². The third-order valence-corrected chi connectivity index (χ3v) is 8.19. The molecule has 0 bridgehead atoms. The molecule has 2 N–H and O–H groups in total. The van der Waals surface area contributed by atoms with Crippen molar-refractivity contribution in [2.24, 2.45) is 5.92 Å². The standard InChI is InChI=1S/C28H37FN6O4S/c1-28(2,36)20-5-7-34(8-6-20)17-19-13-21(29)15-22-24(18-14-23(33-40(4)37)26(38-3)30-16-18)31-27(32-25(19)22)35-9-11-39-12-10-35/h13-16,20,33,36H,5-12,17H2,1-4H3. The molecule has 0 saturated carbocycles. The Bertz CT molecular complexity index is 1340. The Morgan fingerprint density at radius 1 is 1.18 bits per heavy atom. The lowest BCUT2D eigenvalue weighted by Gasteiger charge is -2.37. The first-order chi connectivity index (χ1) is 19.1. The van der Waals surface area contributed by atoms with Crippen LogP contribution < -0.4 is 14.4 Å². The molecule has 0 amide bonds. The van der Waals surface area contributed by atoms with Gasteiger partial charge in [-0.1, -0.05) is 0 Å². The van der Waals surface area contributed by atoms with Gasteiger partial charge in [-0.3, -0.25) is 4.90 Å². The van der Waals surface area contributed by atoms with E-state index in [0.29, 0.717) is 72.5 Å². The second kappa shape index (κ2) is 12.0. The van der Waals surface area contributed by atoms with Crippen LogP contribution in [0.4, 0.5) is 16.0 Å². The van der Waals surface area contributed by atoms with Crippen LogP contribution in [-0.4, -0.2) is 87.9 Å². The maximum Gasteiger partial charge on any atom is 0.241 e. The Hall–Kier alpha value is -2.77. The van der Waals surface area contributed by atoms with Crippen LogP contribution in [0.1, 0.15) is 32.3 Å². The van der Waals surface area contributed by atoms with E-state index >= 15 is 4.39 Å². The summed E-state index contributed by atoms with van der Waals surface area (Å²) in [6, 6.07) is 4.79. The number of nitrogens with zero attached hydrogens (tertiary/aromatic N) is 5. The third-order valence-electron chi connectivity index (χ3n) is 7.68. The summed E-state index contributed by atoms with van der Waals surface area (Å²) in [4.78, 5) is 18.6. The first kappa shape index (κ1) is 28.7. The maximum absolute atomic E-state index is 15.2. The van der Waals surface area contributed by atoms with Crippen LogP contribution in [0.25, 0.3) is 22.2 Å². The molecule has 0 radical (unpaired) electrons. The average Bonchev–Trinajstić information content (AvgIpc) is 2.92. The molecule has 1 unspecified atom stereocenters. The van der Waals surface area contributed by atoms with Gasteiger partial charge < -0.3 is 24.0 Å². The molecule has 4 heterocycles. The molecule has 216 valence electrons. The molecule has 0 spiro atoms. The normalized spacial score (nSPS) is 18.2. The summed E-state index contributed by atoms with van der Waals surface area (Å²) in [6.45, 7) is 8.34. The summed E-state index contributed by atoms with van der Waals surface area (Å²) in [7, 11) is 1.49. The number of hydrogen-bond acceptors (Lipinski definition) is 10. The number of nitrogens with one attached hydrogen (secondary N) is 1. The SMILES string of the molecule is COc1ncc(-c2nc(N3CCOCC3)nc3c(CN4CCC(C(C)(C)O)CC4)cc(F)cc23)cc1N[S+](C)[O-]. The third kappa shape index (κ3) is 6.41. The topological polar surface area (TPSA) is 119 Å². The Morgan fingerprint density at radius 2 is 1.90 bits per heavy atom. The molecular weight excluding hydrogens is 535 g/mol. The number of hydrogen-bond donors (Lipinski definition) is 2. The Labute approximate surface area is 237 Å². The van der Waals surface area contributed by atoms with Gasteiger partial charge in [0.15, 0.2) is 0 Å². The van der Waals surface area contributed by atoms with Crippen LogP contribution in [0, 0.1) is 11.7 Å². The van der Waals surface area contributed by atoms with E-state index in [1.54, 1.807) is 18.3 Å². The van der Waals surface area contributed by atoms with Gasteiger partial charge in [0, 0.05) is 36.8 Å². The van der Waals surface area contributed by atoms with Crippen LogP contribution in [0.3, 0.4) is 0 Å². The molecule has 0 aliphatic carbocycles. The van der Waals surface area contributed by atoms with E-state index in [1.165, 1.54) is 19.4 Å². The van der Waals surface area contributed by atoms with Crippen molar-refractivity contribution >= 4 is 33.9 Å².